The van der Waals surface area contributed by atoms with Crippen molar-refractivity contribution in [2.75, 3.05) is 91.8 Å². The van der Waals surface area contributed by atoms with Crippen molar-refractivity contribution in [1.29, 1.82) is 0 Å². The van der Waals surface area contributed by atoms with Crippen LogP contribution in [0.5, 0.6) is 0 Å². The molecule has 1 N–H and O–H groups in total. The van der Waals surface area contributed by atoms with E-state index in [9.17, 15) is 77.8 Å². The summed E-state index contributed by atoms with van der Waals surface area (Å²) in [6, 6.07) is 9.09. The van der Waals surface area contributed by atoms with E-state index in [1.807, 2.05) is 6.92 Å². The van der Waals surface area contributed by atoms with E-state index in [1.54, 1.807) is 55.8 Å². The van der Waals surface area contributed by atoms with E-state index in [4.69, 9.17) is 73.5 Å². The number of rotatable bonds is 1. The molecule has 101 heavy (non-hydrogen) atoms. The van der Waals surface area contributed by atoms with Gasteiger partial charge in [-0.3, -0.25) is 28.8 Å². The van der Waals surface area contributed by atoms with Crippen LogP contribution in [0.15, 0.2) is 60.1 Å². The molecule has 544 valence electrons. The summed E-state index contributed by atoms with van der Waals surface area (Å²) in [6.45, 7) is 8.46. The number of ether oxygens (including phenoxy) is 12. The van der Waals surface area contributed by atoms with Gasteiger partial charge in [0.15, 0.2) is 11.6 Å². The quantitative estimate of drug-likeness (QED) is 0.0695. The Balaban J connectivity index is 0.000000129. The second-order valence-electron chi connectivity index (χ2n) is 23.3. The molecule has 0 radical (unpaired) electrons. The number of aliphatic hydroxyl groups is 1. The number of halogens is 13. The number of fused-ring (bicyclic) bond motifs is 12. The van der Waals surface area contributed by atoms with Crippen LogP contribution < -0.4 is 56.5 Å². The molecule has 6 fully saturated rings. The zero-order valence-corrected chi connectivity index (χ0v) is 64.8. The summed E-state index contributed by atoms with van der Waals surface area (Å²) < 4.78 is 205. The first kappa shape index (κ1) is 81.4. The molecule has 6 aliphatic carbocycles. The molecular weight excluding hydrogens is 1670 g/mol. The van der Waals surface area contributed by atoms with E-state index in [2.05, 4.69) is 31.9 Å². The molecule has 20 nitrogen and oxygen atoms in total. The van der Waals surface area contributed by atoms with Gasteiger partial charge >= 0.3 is 81.0 Å². The maximum Gasteiger partial charge on any atom is 1.00 e. The number of thiophene rings is 6. The number of Topliss-reactive ketones (excluding diaryl/α,β-unsaturated/α-hetero) is 6. The molecule has 12 aliphatic rings. The average molecular weight is 1720 g/mol. The fourth-order valence-electron chi connectivity index (χ4n) is 11.9. The topological polar surface area (TPSA) is 256 Å². The standard InChI is InChI=1S/C12H12F2O4S.C11H9BrF2O4S.C11H10F2O4S.C7HBrF2O2S.C7H2F2O2S.C7H4O2S.C4H9O.C2H5ClO.K/c1-7-6-8-9(19-7)11(17-4-5-18-11)12(13,14)10(8)15-2-3-16-10;12-7-5-6-8(19-7)10(17-3-4-18-10)11(13,14)9(6)15-1-2-16-9;12-11(13)9(14-2-3-15-9)7-1-6-18-8(7)10(11)16-4-5-17-10;8-3-1-2-4(13-3)6(12)7(9,10)5(2)11;8-7(9)5(10)3-1-2-12-4(3)6(7)11;8-5-3-6(9)7-4(5)1-2-10-7;1-4(2,3)5;3-1-2-4;/h6H,2-5H2,1H3;5H,1-4H2;1,6H,2-5H2;1H;1-2H;1-2H,3H2;1-3H3;4H,1-2H2;/q;;;;;;-1;;+1. The third-order valence-electron chi connectivity index (χ3n) is 15.9. The molecule has 0 amide bonds. The predicted molar refractivity (Wildman–Crippen MR) is 340 cm³/mol. The van der Waals surface area contributed by atoms with Crippen molar-refractivity contribution in [3.63, 3.8) is 0 Å². The third kappa shape index (κ3) is 13.2. The first-order valence-electron chi connectivity index (χ1n) is 29.5. The Labute approximate surface area is 654 Å². The van der Waals surface area contributed by atoms with Gasteiger partial charge in [0.05, 0.1) is 129 Å². The molecule has 0 bridgehead atoms. The number of aliphatic hydroxyl groups excluding tert-OH is 1. The monoisotopic (exact) mass is 1720 g/mol. The minimum atomic E-state index is -3.85. The average Bonchev–Trinajstić information content (AvgIpc) is 1.52. The molecule has 6 aromatic heterocycles. The van der Waals surface area contributed by atoms with Gasteiger partial charge in [-0.25, -0.2) is 0 Å². The van der Waals surface area contributed by atoms with Gasteiger partial charge in [0.25, 0.3) is 46.3 Å². The summed E-state index contributed by atoms with van der Waals surface area (Å²) in [5.41, 5.74) is 0.530. The summed E-state index contributed by atoms with van der Waals surface area (Å²) >= 11 is 17.9. The Hall–Kier alpha value is -2.15. The fourth-order valence-corrected chi connectivity index (χ4v) is 19.2. The molecule has 12 heterocycles. The van der Waals surface area contributed by atoms with Gasteiger partial charge < -0.3 is 67.1 Å². The van der Waals surface area contributed by atoms with Crippen LogP contribution in [0.25, 0.3) is 0 Å². The predicted octanol–water partition coefficient (Wildman–Crippen LogP) is 9.63. The molecule has 40 heteroatoms. The molecule has 6 saturated heterocycles. The number of hydrogen-bond acceptors (Lipinski definition) is 26. The van der Waals surface area contributed by atoms with Gasteiger partial charge in [-0.2, -0.15) is 43.9 Å². The molecule has 18 rings (SSSR count). The second-order valence-corrected chi connectivity index (χ2v) is 32.5. The number of carbonyl (C=O) groups excluding carboxylic acids is 6. The Bertz CT molecular complexity index is 3800. The maximum absolute atomic E-state index is 14.9. The Morgan fingerprint density at radius 1 is 0.455 bits per heavy atom. The maximum atomic E-state index is 14.9. The van der Waals surface area contributed by atoms with Crippen LogP contribution in [0.2, 0.25) is 0 Å². The first-order valence-corrected chi connectivity index (χ1v) is 36.8. The number of aryl methyl sites for hydroxylation is 1. The van der Waals surface area contributed by atoms with Gasteiger partial charge in [0, 0.05) is 44.1 Å². The van der Waals surface area contributed by atoms with Crippen molar-refractivity contribution < 1.29 is 191 Å². The summed E-state index contributed by atoms with van der Waals surface area (Å²) in [6.07, 6.45) is 0.0853. The van der Waals surface area contributed by atoms with Crippen LogP contribution in [0.1, 0.15) is 123 Å². The largest absolute Gasteiger partial charge is 1.00 e. The van der Waals surface area contributed by atoms with Crippen LogP contribution in [0.3, 0.4) is 0 Å². The minimum Gasteiger partial charge on any atom is -0.850 e. The molecular formula is C61H52Br2ClF10KO20S6. The zero-order valence-electron chi connectivity index (χ0n) is 52.9. The Kier molecular flexibility index (Phi) is 24.2. The number of hydrogen-bond donors (Lipinski definition) is 1. The molecule has 6 spiro atoms. The number of ketones is 6. The van der Waals surface area contributed by atoms with Crippen molar-refractivity contribution in [3.8, 4) is 0 Å². The van der Waals surface area contributed by atoms with Crippen molar-refractivity contribution in [2.45, 2.75) is 104 Å². The van der Waals surface area contributed by atoms with E-state index < -0.39 is 93.1 Å². The second kappa shape index (κ2) is 30.0. The molecule has 0 aromatic carbocycles. The van der Waals surface area contributed by atoms with Crippen molar-refractivity contribution in [2.24, 2.45) is 0 Å². The van der Waals surface area contributed by atoms with Crippen LogP contribution in [0.4, 0.5) is 43.9 Å². The minimum absolute atomic E-state index is 0. The van der Waals surface area contributed by atoms with E-state index in [-0.39, 0.29) is 176 Å². The zero-order chi connectivity index (χ0) is 72.8. The summed E-state index contributed by atoms with van der Waals surface area (Å²) in [5.74, 6) is -35.5. The van der Waals surface area contributed by atoms with Gasteiger partial charge in [-0.05, 0) is 91.3 Å². The van der Waals surface area contributed by atoms with Crippen molar-refractivity contribution in [3.05, 3.63) is 128 Å². The van der Waals surface area contributed by atoms with E-state index in [0.717, 1.165) is 38.9 Å². The molecule has 0 saturated carbocycles. The van der Waals surface area contributed by atoms with Crippen LogP contribution in [-0.2, 0) is 91.6 Å². The van der Waals surface area contributed by atoms with Gasteiger partial charge in [0.2, 0.25) is 11.6 Å². The van der Waals surface area contributed by atoms with Gasteiger partial charge in [-0.15, -0.1) is 85.2 Å². The normalized spacial score (nSPS) is 23.8. The van der Waals surface area contributed by atoms with E-state index in [0.29, 0.717) is 55.2 Å². The van der Waals surface area contributed by atoms with Gasteiger partial charge in [0.1, 0.15) is 0 Å². The van der Waals surface area contributed by atoms with Crippen LogP contribution in [0, 0.1) is 6.92 Å². The smallest absolute Gasteiger partial charge is 0.850 e. The summed E-state index contributed by atoms with van der Waals surface area (Å²) in [5, 5.41) is 22.8. The first-order chi connectivity index (χ1) is 46.9. The molecule has 6 aromatic rings. The third-order valence-corrected chi connectivity index (χ3v) is 23.4. The van der Waals surface area contributed by atoms with Crippen molar-refractivity contribution in [1.82, 2.24) is 0 Å². The number of carbonyl (C=O) groups is 6. The molecule has 6 aliphatic heterocycles. The Morgan fingerprint density at radius 2 is 0.802 bits per heavy atom. The summed E-state index contributed by atoms with van der Waals surface area (Å²) in [7, 11) is 0. The van der Waals surface area contributed by atoms with Crippen molar-refractivity contribution >= 4 is 146 Å². The summed E-state index contributed by atoms with van der Waals surface area (Å²) in [4.78, 5) is 67.7. The van der Waals surface area contributed by atoms with E-state index >= 15 is 0 Å². The van der Waals surface area contributed by atoms with Crippen LogP contribution in [-0.4, -0.2) is 167 Å². The number of alkyl halides is 11. The van der Waals surface area contributed by atoms with Gasteiger partial charge in [-0.1, -0.05) is 20.8 Å². The van der Waals surface area contributed by atoms with Crippen LogP contribution >= 0.6 is 111 Å². The van der Waals surface area contributed by atoms with E-state index in [1.165, 1.54) is 51.5 Å². The fraction of sp³-hybridized carbons (Fsp3) is 0.508. The Morgan fingerprint density at radius 3 is 1.22 bits per heavy atom. The molecule has 0 unspecified atom stereocenters. The molecule has 0 atom stereocenters. The SMILES string of the molecule is CC(C)(C)[O-].Cc1cc2c(s1)C1(OCCO1)C(F)(F)C21OCCO1.FC1(F)C2(OCCO2)c2cc(Br)sc2C12OCCO2.FC1(F)C2(OCCO2)c2ccsc2C12OCCO2.O=C1CC(=O)c2sccc21.O=C1c2cc(Br)sc2C(=O)C1(F)F.O=C1c2ccsc2C(=O)C1(F)F.OCCCl.[K+].